The molecule has 0 heteroatoms. The molecule has 0 fully saturated rings. The smallest absolute Gasteiger partial charge is 0.00238 e. The maximum absolute atomic E-state index is 2.37. The molecule has 0 spiro atoms. The molecule has 0 heterocycles. The van der Waals surface area contributed by atoms with Crippen LogP contribution in [0.1, 0.15) is 44.5 Å². The van der Waals surface area contributed by atoms with E-state index in [1.807, 2.05) is 0 Å². The summed E-state index contributed by atoms with van der Waals surface area (Å²) in [6.07, 6.45) is 23.3. The van der Waals surface area contributed by atoms with Crippen LogP contribution in [-0.4, -0.2) is 0 Å². The Morgan fingerprint density at radius 1 is 0.409 bits per heavy atom. The van der Waals surface area contributed by atoms with E-state index in [-0.39, 0.29) is 0 Å². The van der Waals surface area contributed by atoms with Gasteiger partial charge in [0.25, 0.3) is 0 Å². The van der Waals surface area contributed by atoms with Crippen LogP contribution in [0.4, 0.5) is 0 Å². The maximum Gasteiger partial charge on any atom is -0.00238 e. The van der Waals surface area contributed by atoms with Crippen molar-refractivity contribution in [2.75, 3.05) is 0 Å². The summed E-state index contributed by atoms with van der Waals surface area (Å²) in [6.45, 7) is 0. The number of hydrogen-bond acceptors (Lipinski definition) is 0. The summed E-state index contributed by atoms with van der Waals surface area (Å²) >= 11 is 0. The predicted molar refractivity (Wildman–Crippen MR) is 94.9 cm³/mol. The van der Waals surface area contributed by atoms with Gasteiger partial charge in [0, 0.05) is 0 Å². The molecule has 0 aromatic heterocycles. The number of benzene rings is 2. The molecule has 0 radical (unpaired) electrons. The molecule has 0 nitrogen and oxygen atoms in total. The van der Waals surface area contributed by atoms with Gasteiger partial charge in [0.05, 0.1) is 0 Å². The molecule has 104 valence electrons. The molecular weight excluding hydrogens is 264 g/mol. The van der Waals surface area contributed by atoms with E-state index in [0.717, 1.165) is 25.7 Å². The van der Waals surface area contributed by atoms with Crippen molar-refractivity contribution in [3.05, 3.63) is 68.8 Å². The molecule has 0 saturated heterocycles. The van der Waals surface area contributed by atoms with Crippen LogP contribution in [0, 0.1) is 0 Å². The van der Waals surface area contributed by atoms with Crippen LogP contribution in [0.5, 0.6) is 0 Å². The lowest BCUT2D eigenvalue weighted by molar-refractivity contribution is 1.19. The van der Waals surface area contributed by atoms with Gasteiger partial charge >= 0.3 is 0 Å². The molecule has 2 aromatic carbocycles. The Morgan fingerprint density at radius 2 is 0.864 bits per heavy atom. The van der Waals surface area contributed by atoms with Crippen LogP contribution in [0.15, 0.2) is 24.3 Å². The lowest BCUT2D eigenvalue weighted by Crippen LogP contribution is -2.02. The van der Waals surface area contributed by atoms with Crippen LogP contribution in [-0.2, 0) is 25.7 Å². The van der Waals surface area contributed by atoms with Gasteiger partial charge in [0.1, 0.15) is 0 Å². The highest BCUT2D eigenvalue weighted by Crippen LogP contribution is 2.47. The van der Waals surface area contributed by atoms with Gasteiger partial charge in [-0.15, -0.1) is 0 Å². The van der Waals surface area contributed by atoms with Gasteiger partial charge in [0.15, 0.2) is 0 Å². The molecule has 2 aromatic rings. The molecule has 0 N–H and O–H groups in total. The van der Waals surface area contributed by atoms with Crippen molar-refractivity contribution in [2.45, 2.75) is 25.7 Å². The second kappa shape index (κ2) is 3.70. The highest BCUT2D eigenvalue weighted by atomic mass is 14.3. The van der Waals surface area contributed by atoms with Gasteiger partial charge in [-0.2, -0.15) is 0 Å². The van der Waals surface area contributed by atoms with E-state index in [9.17, 15) is 0 Å². The Morgan fingerprint density at radius 3 is 1.55 bits per heavy atom. The fourth-order valence-electron chi connectivity index (χ4n) is 4.93. The van der Waals surface area contributed by atoms with Crippen LogP contribution in [0.25, 0.3) is 35.1 Å². The largest absolute Gasteiger partial charge is 0.0795 e. The Labute approximate surface area is 130 Å². The van der Waals surface area contributed by atoms with E-state index < -0.39 is 0 Å². The van der Waals surface area contributed by atoms with Crippen LogP contribution < -0.4 is 0 Å². The minimum absolute atomic E-state index is 1.10. The van der Waals surface area contributed by atoms with Crippen molar-refractivity contribution in [1.82, 2.24) is 0 Å². The van der Waals surface area contributed by atoms with E-state index in [1.165, 1.54) is 27.6 Å². The zero-order chi connectivity index (χ0) is 14.3. The van der Waals surface area contributed by atoms with Gasteiger partial charge in [0.2, 0.25) is 0 Å². The Kier molecular flexibility index (Phi) is 1.89. The zero-order valence-electron chi connectivity index (χ0n) is 12.4. The van der Waals surface area contributed by atoms with Gasteiger partial charge in [-0.25, -0.2) is 0 Å². The van der Waals surface area contributed by atoms with Gasteiger partial charge in [-0.1, -0.05) is 48.6 Å². The van der Waals surface area contributed by atoms with Crippen molar-refractivity contribution in [2.24, 2.45) is 0 Å². The molecule has 0 bridgehead atoms. The third-order valence-electron chi connectivity index (χ3n) is 5.78. The fraction of sp³-hybridized carbons (Fsp3) is 0.182. The van der Waals surface area contributed by atoms with Crippen molar-refractivity contribution in [3.8, 4) is 0 Å². The van der Waals surface area contributed by atoms with Gasteiger partial charge < -0.3 is 0 Å². The molecule has 22 heavy (non-hydrogen) atoms. The third kappa shape index (κ3) is 1.14. The number of fused-ring (bicyclic) bond motifs is 11. The van der Waals surface area contributed by atoms with E-state index in [1.54, 1.807) is 27.6 Å². The van der Waals surface area contributed by atoms with E-state index in [2.05, 4.69) is 48.6 Å². The molecule has 4 aliphatic rings. The molecule has 0 amide bonds. The van der Waals surface area contributed by atoms with Crippen molar-refractivity contribution >= 4 is 35.1 Å². The molecule has 0 aliphatic heterocycles. The monoisotopic (exact) mass is 280 g/mol. The number of rotatable bonds is 0. The van der Waals surface area contributed by atoms with Crippen molar-refractivity contribution in [1.29, 1.82) is 0 Å². The summed E-state index contributed by atoms with van der Waals surface area (Å²) in [5.41, 5.74) is 12.3. The minimum Gasteiger partial charge on any atom is -0.0795 e. The Hall–Kier alpha value is -2.34. The first-order valence-electron chi connectivity index (χ1n) is 8.29. The number of hydrogen-bond donors (Lipinski definition) is 0. The summed E-state index contributed by atoms with van der Waals surface area (Å²) in [5.74, 6) is 0. The van der Waals surface area contributed by atoms with Crippen LogP contribution >= 0.6 is 0 Å². The van der Waals surface area contributed by atoms with Crippen LogP contribution in [0.2, 0.25) is 0 Å². The lowest BCUT2D eigenvalue weighted by Gasteiger charge is -2.20. The summed E-state index contributed by atoms with van der Waals surface area (Å²) in [7, 11) is 0. The van der Waals surface area contributed by atoms with E-state index in [4.69, 9.17) is 0 Å². The second-order valence-corrected chi connectivity index (χ2v) is 6.74. The molecule has 0 unspecified atom stereocenters. The second-order valence-electron chi connectivity index (χ2n) is 6.74. The lowest BCUT2D eigenvalue weighted by atomic mass is 9.83. The molecule has 0 atom stereocenters. The SMILES string of the molecule is C1=Cc2c(c3c(c4c5c(c6c(c24)C=CC6)CC=C5)CC=C3)C1. The number of allylic oxidation sites excluding steroid dienone is 4. The van der Waals surface area contributed by atoms with E-state index >= 15 is 0 Å². The van der Waals surface area contributed by atoms with Crippen molar-refractivity contribution < 1.29 is 0 Å². The highest BCUT2D eigenvalue weighted by Gasteiger charge is 2.28. The predicted octanol–water partition coefficient (Wildman–Crippen LogP) is 5.12. The Bertz CT molecular complexity index is 1010. The molecule has 4 aliphatic carbocycles. The van der Waals surface area contributed by atoms with Gasteiger partial charge in [-0.3, -0.25) is 0 Å². The third-order valence-corrected chi connectivity index (χ3v) is 5.78. The van der Waals surface area contributed by atoms with Crippen molar-refractivity contribution in [3.63, 3.8) is 0 Å². The first kappa shape index (κ1) is 11.3. The molecular formula is C22H16. The minimum atomic E-state index is 1.10. The average molecular weight is 280 g/mol. The highest BCUT2D eigenvalue weighted by molar-refractivity contribution is 6.10. The Balaban J connectivity index is 1.94. The van der Waals surface area contributed by atoms with E-state index in [0.29, 0.717) is 0 Å². The fourth-order valence-corrected chi connectivity index (χ4v) is 4.93. The maximum atomic E-state index is 2.37. The topological polar surface area (TPSA) is 0 Å². The summed E-state index contributed by atoms with van der Waals surface area (Å²) in [5, 5.41) is 3.07. The zero-order valence-corrected chi connectivity index (χ0v) is 12.4. The standard InChI is InChI=1S/C22H16/c1-5-13-14-6-2-10-18(14)22-20-12-4-8-16(20)15-7-3-11-19(15)21(22)17(13)9-1/h1-5,10-12H,6-9H2. The average Bonchev–Trinajstić information content (AvgIpc) is 3.28. The first-order chi connectivity index (χ1) is 10.9. The molecule has 0 saturated carbocycles. The molecule has 6 rings (SSSR count). The first-order valence-corrected chi connectivity index (χ1v) is 8.29. The van der Waals surface area contributed by atoms with Crippen LogP contribution in [0.3, 0.4) is 0 Å². The summed E-state index contributed by atoms with van der Waals surface area (Å²) in [4.78, 5) is 0. The summed E-state index contributed by atoms with van der Waals surface area (Å²) in [6, 6.07) is 0. The quantitative estimate of drug-likeness (QED) is 0.628. The normalized spacial score (nSPS) is 18.4. The van der Waals surface area contributed by atoms with Gasteiger partial charge in [-0.05, 0) is 81.0 Å². The summed E-state index contributed by atoms with van der Waals surface area (Å²) < 4.78 is 0.